The summed E-state index contributed by atoms with van der Waals surface area (Å²) in [6.07, 6.45) is 3.69. The quantitative estimate of drug-likeness (QED) is 0.839. The molecule has 2 saturated heterocycles. The number of thioether (sulfide) groups is 1. The summed E-state index contributed by atoms with van der Waals surface area (Å²) in [6, 6.07) is 4.02. The Morgan fingerprint density at radius 3 is 2.76 bits per heavy atom. The summed E-state index contributed by atoms with van der Waals surface area (Å²) in [6.45, 7) is 4.28. The number of carbonyl (C=O) groups excluding carboxylic acids is 1. The van der Waals surface area contributed by atoms with Gasteiger partial charge in [0.25, 0.3) is 5.91 Å². The second-order valence-electron chi connectivity index (χ2n) is 5.69. The number of amides is 1. The molecule has 2 fully saturated rings. The molecule has 3 rings (SSSR count). The van der Waals surface area contributed by atoms with Crippen LogP contribution in [0.3, 0.4) is 0 Å². The van der Waals surface area contributed by atoms with Crippen molar-refractivity contribution in [2.45, 2.75) is 25.3 Å². The largest absolute Gasteiger partial charge is 0.333 e. The molecular formula is C15H21ClN2OS2. The molecule has 0 spiro atoms. The smallest absolute Gasteiger partial charge is 0.264 e. The van der Waals surface area contributed by atoms with Crippen LogP contribution < -0.4 is 0 Å². The van der Waals surface area contributed by atoms with Crippen LogP contribution in [0.15, 0.2) is 12.1 Å². The van der Waals surface area contributed by atoms with Crippen LogP contribution in [0, 0.1) is 0 Å². The van der Waals surface area contributed by atoms with Gasteiger partial charge in [0.2, 0.25) is 0 Å². The van der Waals surface area contributed by atoms with Crippen LogP contribution in [0.5, 0.6) is 0 Å². The van der Waals surface area contributed by atoms with Gasteiger partial charge in [0, 0.05) is 18.8 Å². The van der Waals surface area contributed by atoms with E-state index in [1.165, 1.54) is 37.3 Å². The maximum absolute atomic E-state index is 12.8. The maximum Gasteiger partial charge on any atom is 0.264 e. The van der Waals surface area contributed by atoms with E-state index in [2.05, 4.69) is 9.80 Å². The minimum atomic E-state index is 0.165. The number of nitrogens with zero attached hydrogens (tertiary/aromatic N) is 2. The van der Waals surface area contributed by atoms with Crippen LogP contribution in [-0.4, -0.2) is 59.4 Å². The topological polar surface area (TPSA) is 23.6 Å². The van der Waals surface area contributed by atoms with Crippen LogP contribution in [0.25, 0.3) is 0 Å². The summed E-state index contributed by atoms with van der Waals surface area (Å²) < 4.78 is 0.693. The van der Waals surface area contributed by atoms with E-state index in [4.69, 9.17) is 11.6 Å². The normalized spacial score (nSPS) is 24.2. The maximum atomic E-state index is 12.8. The fraction of sp³-hybridized carbons (Fsp3) is 0.667. The van der Waals surface area contributed by atoms with Crippen molar-refractivity contribution in [1.82, 2.24) is 9.80 Å². The van der Waals surface area contributed by atoms with Gasteiger partial charge in [-0.05, 0) is 50.2 Å². The van der Waals surface area contributed by atoms with Gasteiger partial charge < -0.3 is 9.80 Å². The average Bonchev–Trinajstić information content (AvgIpc) is 3.07. The highest BCUT2D eigenvalue weighted by Gasteiger charge is 2.29. The zero-order valence-corrected chi connectivity index (χ0v) is 14.5. The highest BCUT2D eigenvalue weighted by atomic mass is 35.5. The summed E-state index contributed by atoms with van der Waals surface area (Å²) in [5.74, 6) is 2.38. The number of thiophene rings is 1. The lowest BCUT2D eigenvalue weighted by molar-refractivity contribution is 0.0671. The van der Waals surface area contributed by atoms with Gasteiger partial charge in [0.1, 0.15) is 0 Å². The number of hydrogen-bond donors (Lipinski definition) is 0. The minimum absolute atomic E-state index is 0.165. The summed E-state index contributed by atoms with van der Waals surface area (Å²) in [5.41, 5.74) is 0. The number of halogens is 1. The lowest BCUT2D eigenvalue weighted by atomic mass is 10.2. The molecule has 0 saturated carbocycles. The lowest BCUT2D eigenvalue weighted by Crippen LogP contribution is -2.47. The third-order valence-corrected chi connectivity index (χ3v) is 6.57. The molecule has 116 valence electrons. The molecule has 1 atom stereocenters. The molecule has 1 aromatic rings. The molecule has 2 aliphatic heterocycles. The van der Waals surface area contributed by atoms with E-state index in [1.54, 1.807) is 0 Å². The third kappa shape index (κ3) is 3.95. The van der Waals surface area contributed by atoms with Gasteiger partial charge >= 0.3 is 0 Å². The molecular weight excluding hydrogens is 324 g/mol. The Hall–Kier alpha value is -0.230. The molecule has 1 amide bonds. The molecule has 0 N–H and O–H groups in total. The van der Waals surface area contributed by atoms with Crippen LogP contribution in [0.1, 0.15) is 28.9 Å². The predicted octanol–water partition coefficient (Wildman–Crippen LogP) is 3.45. The van der Waals surface area contributed by atoms with Crippen molar-refractivity contribution in [3.63, 3.8) is 0 Å². The van der Waals surface area contributed by atoms with E-state index < -0.39 is 0 Å². The summed E-state index contributed by atoms with van der Waals surface area (Å²) >= 11 is 9.37. The van der Waals surface area contributed by atoms with Crippen molar-refractivity contribution in [2.24, 2.45) is 0 Å². The predicted molar refractivity (Wildman–Crippen MR) is 91.8 cm³/mol. The minimum Gasteiger partial charge on any atom is -0.333 e. The fourth-order valence-electron chi connectivity index (χ4n) is 3.08. The first-order valence-electron chi connectivity index (χ1n) is 7.60. The highest BCUT2D eigenvalue weighted by Crippen LogP contribution is 2.26. The Morgan fingerprint density at radius 2 is 2.05 bits per heavy atom. The molecule has 0 radical (unpaired) electrons. The molecule has 6 heteroatoms. The van der Waals surface area contributed by atoms with Crippen LogP contribution >= 0.6 is 34.7 Å². The number of likely N-dealkylation sites (tertiary alicyclic amines) is 1. The molecule has 2 aliphatic rings. The van der Waals surface area contributed by atoms with Crippen molar-refractivity contribution < 1.29 is 4.79 Å². The van der Waals surface area contributed by atoms with E-state index in [-0.39, 0.29) is 5.91 Å². The monoisotopic (exact) mass is 344 g/mol. The standard InChI is InChI=1S/C15H21ClN2OS2/c16-14-5-4-13(21-14)15(19)18-8-3-9-20-11-12(18)10-17-6-1-2-7-17/h4-5,12H,1-3,6-11H2/t12-/m0/s1. The molecule has 21 heavy (non-hydrogen) atoms. The van der Waals surface area contributed by atoms with E-state index in [0.717, 1.165) is 35.9 Å². The van der Waals surface area contributed by atoms with Gasteiger partial charge in [-0.1, -0.05) is 11.6 Å². The van der Waals surface area contributed by atoms with Crippen LogP contribution in [0.2, 0.25) is 4.34 Å². The van der Waals surface area contributed by atoms with Crippen LogP contribution in [-0.2, 0) is 0 Å². The van der Waals surface area contributed by atoms with Gasteiger partial charge in [0.05, 0.1) is 15.3 Å². The van der Waals surface area contributed by atoms with Gasteiger partial charge in [-0.25, -0.2) is 0 Å². The van der Waals surface area contributed by atoms with Crippen molar-refractivity contribution in [1.29, 1.82) is 0 Å². The molecule has 3 nitrogen and oxygen atoms in total. The SMILES string of the molecule is O=C(c1ccc(Cl)s1)N1CCCSC[C@@H]1CN1CCCC1. The molecule has 0 aliphatic carbocycles. The highest BCUT2D eigenvalue weighted by molar-refractivity contribution is 7.99. The fourth-order valence-corrected chi connectivity index (χ4v) is 5.14. The van der Waals surface area contributed by atoms with E-state index in [9.17, 15) is 4.79 Å². The van der Waals surface area contributed by atoms with E-state index >= 15 is 0 Å². The molecule has 0 aromatic carbocycles. The number of carbonyl (C=O) groups is 1. The Balaban J connectivity index is 1.72. The van der Waals surface area contributed by atoms with Crippen LogP contribution in [0.4, 0.5) is 0 Å². The van der Waals surface area contributed by atoms with Crippen molar-refractivity contribution in [3.8, 4) is 0 Å². The van der Waals surface area contributed by atoms with Crippen molar-refractivity contribution in [3.05, 3.63) is 21.3 Å². The Labute approximate surface area is 139 Å². The summed E-state index contributed by atoms with van der Waals surface area (Å²) in [5, 5.41) is 0. The summed E-state index contributed by atoms with van der Waals surface area (Å²) in [7, 11) is 0. The first-order chi connectivity index (χ1) is 10.2. The van der Waals surface area contributed by atoms with E-state index in [1.807, 2.05) is 23.9 Å². The number of hydrogen-bond acceptors (Lipinski definition) is 4. The van der Waals surface area contributed by atoms with Gasteiger partial charge in [-0.15, -0.1) is 11.3 Å². The van der Waals surface area contributed by atoms with Gasteiger partial charge in [-0.3, -0.25) is 4.79 Å². The number of rotatable bonds is 3. The third-order valence-electron chi connectivity index (χ3n) is 4.15. The molecule has 0 unspecified atom stereocenters. The zero-order chi connectivity index (χ0) is 14.7. The average molecular weight is 345 g/mol. The lowest BCUT2D eigenvalue weighted by Gasteiger charge is -2.32. The summed E-state index contributed by atoms with van der Waals surface area (Å²) in [4.78, 5) is 18.2. The second-order valence-corrected chi connectivity index (χ2v) is 8.56. The van der Waals surface area contributed by atoms with Crippen molar-refractivity contribution >= 4 is 40.6 Å². The first kappa shape index (κ1) is 15.7. The van der Waals surface area contributed by atoms with Gasteiger partial charge in [-0.2, -0.15) is 11.8 Å². The van der Waals surface area contributed by atoms with E-state index in [0.29, 0.717) is 10.4 Å². The van der Waals surface area contributed by atoms with Crippen molar-refractivity contribution in [2.75, 3.05) is 37.7 Å². The first-order valence-corrected chi connectivity index (χ1v) is 9.95. The Bertz CT molecular complexity index is 488. The molecule has 3 heterocycles. The zero-order valence-electron chi connectivity index (χ0n) is 12.1. The molecule has 0 bridgehead atoms. The second kappa shape index (κ2) is 7.36. The Morgan fingerprint density at radius 1 is 1.24 bits per heavy atom. The Kier molecular flexibility index (Phi) is 5.49. The molecule has 1 aromatic heterocycles. The van der Waals surface area contributed by atoms with Gasteiger partial charge in [0.15, 0.2) is 0 Å².